The standard InChI is InChI=1S/C26H23ClN2O4S/c1-18-17-28-26-23(6-3-7-24(26)27)25(18)19-4-2-5-21(16-19)33-20-8-10-22(11-9-20)34(30,31)29-12-14-32-15-13-29/h2-11,16-17H,12-15H2,1H3. The number of rotatable bonds is 5. The van der Waals surface area contributed by atoms with Gasteiger partial charge in [-0.2, -0.15) is 4.31 Å². The highest BCUT2D eigenvalue weighted by Gasteiger charge is 2.26. The molecule has 0 bridgehead atoms. The molecule has 1 aliphatic heterocycles. The van der Waals surface area contributed by atoms with Crippen molar-refractivity contribution in [2.45, 2.75) is 11.8 Å². The minimum absolute atomic E-state index is 0.242. The fourth-order valence-electron chi connectivity index (χ4n) is 4.14. The van der Waals surface area contributed by atoms with Crippen molar-refractivity contribution in [3.8, 4) is 22.6 Å². The molecule has 0 unspecified atom stereocenters. The fraction of sp³-hybridized carbons (Fsp3) is 0.192. The molecular formula is C26H23ClN2O4S. The number of fused-ring (bicyclic) bond motifs is 1. The van der Waals surface area contributed by atoms with Crippen molar-refractivity contribution in [2.24, 2.45) is 0 Å². The molecule has 2 heterocycles. The van der Waals surface area contributed by atoms with Crippen LogP contribution in [0, 0.1) is 6.92 Å². The van der Waals surface area contributed by atoms with Crippen molar-refractivity contribution in [1.82, 2.24) is 9.29 Å². The van der Waals surface area contributed by atoms with Crippen LogP contribution in [0.4, 0.5) is 0 Å². The topological polar surface area (TPSA) is 68.7 Å². The van der Waals surface area contributed by atoms with Gasteiger partial charge >= 0.3 is 0 Å². The maximum Gasteiger partial charge on any atom is 0.243 e. The van der Waals surface area contributed by atoms with E-state index in [1.807, 2.05) is 55.6 Å². The predicted molar refractivity (Wildman–Crippen MR) is 133 cm³/mol. The van der Waals surface area contributed by atoms with Crippen molar-refractivity contribution in [2.75, 3.05) is 26.3 Å². The highest BCUT2D eigenvalue weighted by atomic mass is 35.5. The molecule has 1 aliphatic rings. The van der Waals surface area contributed by atoms with Gasteiger partial charge in [-0.3, -0.25) is 4.98 Å². The number of morpholine rings is 1. The summed E-state index contributed by atoms with van der Waals surface area (Å²) < 4.78 is 38.4. The Bertz CT molecular complexity index is 1450. The number of hydrogen-bond donors (Lipinski definition) is 0. The first-order valence-corrected chi connectivity index (χ1v) is 12.8. The Morgan fingerprint density at radius 2 is 1.71 bits per heavy atom. The molecule has 34 heavy (non-hydrogen) atoms. The van der Waals surface area contributed by atoms with E-state index in [-0.39, 0.29) is 4.90 Å². The van der Waals surface area contributed by atoms with Crippen LogP contribution in [0.5, 0.6) is 11.5 Å². The molecule has 0 N–H and O–H groups in total. The van der Waals surface area contributed by atoms with E-state index < -0.39 is 10.0 Å². The average molecular weight is 495 g/mol. The van der Waals surface area contributed by atoms with Crippen molar-refractivity contribution >= 4 is 32.5 Å². The first-order valence-electron chi connectivity index (χ1n) is 10.9. The zero-order valence-electron chi connectivity index (χ0n) is 18.6. The number of nitrogens with zero attached hydrogens (tertiary/aromatic N) is 2. The number of aromatic nitrogens is 1. The maximum atomic E-state index is 12.8. The smallest absolute Gasteiger partial charge is 0.243 e. The average Bonchev–Trinajstić information content (AvgIpc) is 2.85. The Labute approximate surface area is 203 Å². The molecule has 1 aromatic heterocycles. The number of pyridine rings is 1. The van der Waals surface area contributed by atoms with E-state index >= 15 is 0 Å². The summed E-state index contributed by atoms with van der Waals surface area (Å²) in [5, 5.41) is 1.58. The van der Waals surface area contributed by atoms with Gasteiger partial charge in [0.2, 0.25) is 10.0 Å². The molecule has 0 radical (unpaired) electrons. The summed E-state index contributed by atoms with van der Waals surface area (Å²) in [6.07, 6.45) is 1.82. The molecule has 0 atom stereocenters. The first-order chi connectivity index (χ1) is 16.4. The van der Waals surface area contributed by atoms with Crippen molar-refractivity contribution in [3.63, 3.8) is 0 Å². The van der Waals surface area contributed by atoms with E-state index in [4.69, 9.17) is 21.1 Å². The van der Waals surface area contributed by atoms with Crippen LogP contribution in [0.1, 0.15) is 5.56 Å². The maximum absolute atomic E-state index is 12.8. The van der Waals surface area contributed by atoms with Gasteiger partial charge in [0.05, 0.1) is 28.6 Å². The summed E-state index contributed by atoms with van der Waals surface area (Å²) in [5.74, 6) is 1.20. The van der Waals surface area contributed by atoms with Crippen LogP contribution < -0.4 is 4.74 Å². The monoisotopic (exact) mass is 494 g/mol. The molecule has 5 rings (SSSR count). The van der Waals surface area contributed by atoms with Gasteiger partial charge in [0.1, 0.15) is 11.5 Å². The van der Waals surface area contributed by atoms with Crippen molar-refractivity contribution < 1.29 is 17.9 Å². The molecular weight excluding hydrogens is 472 g/mol. The molecule has 4 aromatic rings. The van der Waals surface area contributed by atoms with Crippen LogP contribution >= 0.6 is 11.6 Å². The summed E-state index contributed by atoms with van der Waals surface area (Å²) in [4.78, 5) is 4.74. The third kappa shape index (κ3) is 4.40. The molecule has 3 aromatic carbocycles. The van der Waals surface area contributed by atoms with Gasteiger partial charge in [-0.05, 0) is 66.1 Å². The number of para-hydroxylation sites is 1. The van der Waals surface area contributed by atoms with Crippen molar-refractivity contribution in [1.29, 1.82) is 0 Å². The first kappa shape index (κ1) is 22.8. The third-order valence-corrected chi connectivity index (χ3v) is 8.05. The van der Waals surface area contributed by atoms with E-state index in [2.05, 4.69) is 4.98 Å². The molecule has 8 heteroatoms. The number of aryl methyl sites for hydroxylation is 1. The molecule has 1 fully saturated rings. The van der Waals surface area contributed by atoms with E-state index in [9.17, 15) is 8.42 Å². The molecule has 0 saturated carbocycles. The molecule has 0 spiro atoms. The molecule has 0 aliphatic carbocycles. The van der Waals surface area contributed by atoms with E-state index in [1.54, 1.807) is 24.3 Å². The van der Waals surface area contributed by atoms with Crippen LogP contribution in [0.3, 0.4) is 0 Å². The molecule has 6 nitrogen and oxygen atoms in total. The van der Waals surface area contributed by atoms with Gasteiger partial charge in [-0.15, -0.1) is 0 Å². The predicted octanol–water partition coefficient (Wildman–Crippen LogP) is 5.68. The van der Waals surface area contributed by atoms with Gasteiger partial charge < -0.3 is 9.47 Å². The SMILES string of the molecule is Cc1cnc2c(Cl)cccc2c1-c1cccc(Oc2ccc(S(=O)(=O)N3CCOCC3)cc2)c1. The van der Waals surface area contributed by atoms with Crippen LogP contribution in [-0.4, -0.2) is 44.0 Å². The van der Waals surface area contributed by atoms with E-state index in [0.29, 0.717) is 42.8 Å². The highest BCUT2D eigenvalue weighted by molar-refractivity contribution is 7.89. The third-order valence-electron chi connectivity index (χ3n) is 5.83. The second-order valence-corrected chi connectivity index (χ2v) is 10.4. The lowest BCUT2D eigenvalue weighted by molar-refractivity contribution is 0.0730. The summed E-state index contributed by atoms with van der Waals surface area (Å²) in [6.45, 7) is 3.57. The normalized spacial score (nSPS) is 14.9. The zero-order chi connectivity index (χ0) is 23.7. The quantitative estimate of drug-likeness (QED) is 0.357. The van der Waals surface area contributed by atoms with Crippen LogP contribution in [0.25, 0.3) is 22.0 Å². The zero-order valence-corrected chi connectivity index (χ0v) is 20.1. The lowest BCUT2D eigenvalue weighted by Crippen LogP contribution is -2.40. The lowest BCUT2D eigenvalue weighted by Gasteiger charge is -2.26. The Kier molecular flexibility index (Phi) is 6.27. The number of ether oxygens (including phenoxy) is 2. The minimum Gasteiger partial charge on any atom is -0.457 e. The van der Waals surface area contributed by atoms with E-state index in [0.717, 1.165) is 27.6 Å². The Morgan fingerprint density at radius 3 is 2.47 bits per heavy atom. The number of benzene rings is 3. The van der Waals surface area contributed by atoms with E-state index in [1.165, 1.54) is 4.31 Å². The Morgan fingerprint density at radius 1 is 0.971 bits per heavy atom. The molecule has 174 valence electrons. The second-order valence-electron chi connectivity index (χ2n) is 8.07. The summed E-state index contributed by atoms with van der Waals surface area (Å²) >= 11 is 6.36. The Balaban J connectivity index is 1.42. The van der Waals surface area contributed by atoms with Gasteiger partial charge in [0.15, 0.2) is 0 Å². The van der Waals surface area contributed by atoms with Crippen LogP contribution in [0.2, 0.25) is 5.02 Å². The van der Waals surface area contributed by atoms with Crippen molar-refractivity contribution in [3.05, 3.63) is 83.5 Å². The van der Waals surface area contributed by atoms with Gasteiger partial charge in [-0.25, -0.2) is 8.42 Å². The minimum atomic E-state index is -3.54. The van der Waals surface area contributed by atoms with Gasteiger partial charge in [0, 0.05) is 24.7 Å². The Hall–Kier alpha value is -2.97. The summed E-state index contributed by atoms with van der Waals surface area (Å²) in [6, 6.07) is 20.0. The number of halogens is 1. The molecule has 0 amide bonds. The summed E-state index contributed by atoms with van der Waals surface area (Å²) in [7, 11) is -3.54. The second kappa shape index (κ2) is 9.35. The van der Waals surface area contributed by atoms with Crippen LogP contribution in [-0.2, 0) is 14.8 Å². The summed E-state index contributed by atoms with van der Waals surface area (Å²) in [5.41, 5.74) is 3.82. The number of hydrogen-bond acceptors (Lipinski definition) is 5. The fourth-order valence-corrected chi connectivity index (χ4v) is 5.77. The van der Waals surface area contributed by atoms with Gasteiger partial charge in [-0.1, -0.05) is 35.9 Å². The largest absolute Gasteiger partial charge is 0.457 e. The number of sulfonamides is 1. The van der Waals surface area contributed by atoms with Gasteiger partial charge in [0.25, 0.3) is 0 Å². The lowest BCUT2D eigenvalue weighted by atomic mass is 9.97. The van der Waals surface area contributed by atoms with Crippen LogP contribution in [0.15, 0.2) is 77.8 Å². The molecule has 1 saturated heterocycles. The highest BCUT2D eigenvalue weighted by Crippen LogP contribution is 2.35.